The third kappa shape index (κ3) is 6.51. The van der Waals surface area contributed by atoms with E-state index in [2.05, 4.69) is 15.2 Å². The van der Waals surface area contributed by atoms with Gasteiger partial charge in [-0.3, -0.25) is 4.99 Å². The molecule has 1 N–H and O–H groups in total. The molecule has 0 radical (unpaired) electrons. The van der Waals surface area contributed by atoms with E-state index in [9.17, 15) is 8.78 Å². The summed E-state index contributed by atoms with van der Waals surface area (Å²) in [5, 5.41) is 3.28. The first-order valence-electron chi connectivity index (χ1n) is 8.09. The second kappa shape index (κ2) is 10.8. The predicted octanol–water partition coefficient (Wildman–Crippen LogP) is 3.06. The molecule has 4 nitrogen and oxygen atoms in total. The number of nitrogens with one attached hydrogen (secondary N) is 1. The third-order valence-electron chi connectivity index (χ3n) is 3.91. The van der Waals surface area contributed by atoms with Gasteiger partial charge in [-0.15, -0.1) is 24.0 Å². The fourth-order valence-corrected chi connectivity index (χ4v) is 2.87. The Bertz CT molecular complexity index is 522. The summed E-state index contributed by atoms with van der Waals surface area (Å²) >= 11 is 0. The van der Waals surface area contributed by atoms with Crippen molar-refractivity contribution < 1.29 is 13.5 Å². The molecule has 0 aliphatic carbocycles. The van der Waals surface area contributed by atoms with Crippen molar-refractivity contribution >= 4 is 29.9 Å². The van der Waals surface area contributed by atoms with Crippen LogP contribution in [0.2, 0.25) is 0 Å². The second-order valence-electron chi connectivity index (χ2n) is 5.82. The molecule has 1 heterocycles. The van der Waals surface area contributed by atoms with E-state index < -0.39 is 11.6 Å². The van der Waals surface area contributed by atoms with Crippen molar-refractivity contribution in [3.63, 3.8) is 0 Å². The number of guanidine groups is 1. The van der Waals surface area contributed by atoms with Gasteiger partial charge in [0.05, 0.1) is 6.61 Å². The number of methoxy groups -OCH3 is 1. The Hall–Kier alpha value is -0.960. The molecule has 1 atom stereocenters. The van der Waals surface area contributed by atoms with E-state index in [1.807, 2.05) is 6.92 Å². The van der Waals surface area contributed by atoms with Gasteiger partial charge in [-0.2, -0.15) is 0 Å². The molecule has 1 fully saturated rings. The Morgan fingerprint density at radius 1 is 1.33 bits per heavy atom. The van der Waals surface area contributed by atoms with Gasteiger partial charge in [0.15, 0.2) is 5.96 Å². The second-order valence-corrected chi connectivity index (χ2v) is 5.82. The number of rotatable bonds is 6. The van der Waals surface area contributed by atoms with Crippen molar-refractivity contribution in [3.05, 3.63) is 35.4 Å². The summed E-state index contributed by atoms with van der Waals surface area (Å²) in [7, 11) is 1.72. The largest absolute Gasteiger partial charge is 0.384 e. The fourth-order valence-electron chi connectivity index (χ4n) is 2.87. The van der Waals surface area contributed by atoms with Crippen LogP contribution in [-0.4, -0.2) is 50.8 Å². The fraction of sp³-hybridized carbons (Fsp3) is 0.588. The normalized spacial score (nSPS) is 17.8. The molecular formula is C17H26F2IN3O. The van der Waals surface area contributed by atoms with Crippen molar-refractivity contribution in [2.24, 2.45) is 10.9 Å². The Kier molecular flexibility index (Phi) is 9.50. The van der Waals surface area contributed by atoms with Crippen LogP contribution in [0, 0.1) is 17.6 Å². The molecule has 2 rings (SSSR count). The Balaban J connectivity index is 0.00000288. The average molecular weight is 453 g/mol. The molecule has 0 aromatic heterocycles. The maximum Gasteiger partial charge on any atom is 0.193 e. The lowest BCUT2D eigenvalue weighted by Gasteiger charge is -2.21. The molecule has 24 heavy (non-hydrogen) atoms. The number of likely N-dealkylation sites (tertiary alicyclic amines) is 1. The van der Waals surface area contributed by atoms with Crippen molar-refractivity contribution in [1.29, 1.82) is 0 Å². The number of ether oxygens (including phenoxy) is 1. The number of hydrogen-bond acceptors (Lipinski definition) is 2. The summed E-state index contributed by atoms with van der Waals surface area (Å²) in [6, 6.07) is 3.60. The van der Waals surface area contributed by atoms with Gasteiger partial charge >= 0.3 is 0 Å². The number of aliphatic imine (C=N–C) groups is 1. The molecule has 0 saturated carbocycles. The summed E-state index contributed by atoms with van der Waals surface area (Å²) in [6.45, 7) is 5.96. The number of nitrogens with zero attached hydrogens (tertiary/aromatic N) is 2. The van der Waals surface area contributed by atoms with Crippen LogP contribution in [0.15, 0.2) is 23.2 Å². The van der Waals surface area contributed by atoms with Crippen LogP contribution in [0.4, 0.5) is 8.78 Å². The Morgan fingerprint density at radius 3 is 2.67 bits per heavy atom. The van der Waals surface area contributed by atoms with Gasteiger partial charge in [-0.05, 0) is 37.5 Å². The van der Waals surface area contributed by atoms with Gasteiger partial charge in [0, 0.05) is 45.3 Å². The third-order valence-corrected chi connectivity index (χ3v) is 3.91. The zero-order valence-electron chi connectivity index (χ0n) is 14.2. The van der Waals surface area contributed by atoms with Gasteiger partial charge < -0.3 is 15.0 Å². The van der Waals surface area contributed by atoms with E-state index in [0.717, 1.165) is 44.7 Å². The van der Waals surface area contributed by atoms with Crippen LogP contribution in [0.3, 0.4) is 0 Å². The number of halogens is 3. The van der Waals surface area contributed by atoms with E-state index in [1.54, 1.807) is 7.11 Å². The highest BCUT2D eigenvalue weighted by molar-refractivity contribution is 14.0. The van der Waals surface area contributed by atoms with Crippen molar-refractivity contribution in [1.82, 2.24) is 10.2 Å². The molecule has 1 aromatic rings. The highest BCUT2D eigenvalue weighted by Gasteiger charge is 2.24. The molecule has 1 saturated heterocycles. The van der Waals surface area contributed by atoms with E-state index in [0.29, 0.717) is 24.4 Å². The zero-order valence-corrected chi connectivity index (χ0v) is 16.6. The molecule has 0 spiro atoms. The molecule has 1 aromatic carbocycles. The van der Waals surface area contributed by atoms with Crippen LogP contribution in [-0.2, 0) is 11.2 Å². The molecule has 0 amide bonds. The number of benzene rings is 1. The van der Waals surface area contributed by atoms with Crippen LogP contribution in [0.1, 0.15) is 18.9 Å². The van der Waals surface area contributed by atoms with Crippen LogP contribution >= 0.6 is 24.0 Å². The van der Waals surface area contributed by atoms with Crippen LogP contribution in [0.5, 0.6) is 0 Å². The van der Waals surface area contributed by atoms with Gasteiger partial charge in [0.2, 0.25) is 0 Å². The zero-order chi connectivity index (χ0) is 16.7. The predicted molar refractivity (Wildman–Crippen MR) is 103 cm³/mol. The first-order chi connectivity index (χ1) is 11.1. The Labute approximate surface area is 159 Å². The highest BCUT2D eigenvalue weighted by Crippen LogP contribution is 2.16. The monoisotopic (exact) mass is 453 g/mol. The van der Waals surface area contributed by atoms with Crippen LogP contribution < -0.4 is 5.32 Å². The topological polar surface area (TPSA) is 36.9 Å². The van der Waals surface area contributed by atoms with Crippen molar-refractivity contribution in [2.75, 3.05) is 39.9 Å². The van der Waals surface area contributed by atoms with Crippen molar-refractivity contribution in [3.8, 4) is 0 Å². The smallest absolute Gasteiger partial charge is 0.193 e. The summed E-state index contributed by atoms with van der Waals surface area (Å²) in [4.78, 5) is 6.81. The highest BCUT2D eigenvalue weighted by atomic mass is 127. The van der Waals surface area contributed by atoms with Gasteiger partial charge in [-0.1, -0.05) is 0 Å². The quantitative estimate of drug-likeness (QED) is 0.409. The molecule has 1 aliphatic rings. The summed E-state index contributed by atoms with van der Waals surface area (Å²) in [5.41, 5.74) is 0.626. The maximum absolute atomic E-state index is 13.2. The lowest BCUT2D eigenvalue weighted by molar-refractivity contribution is 0.157. The van der Waals surface area contributed by atoms with E-state index in [-0.39, 0.29) is 24.0 Å². The van der Waals surface area contributed by atoms with Gasteiger partial charge in [-0.25, -0.2) is 8.78 Å². The lowest BCUT2D eigenvalue weighted by atomic mass is 10.1. The first-order valence-corrected chi connectivity index (χ1v) is 8.09. The van der Waals surface area contributed by atoms with Crippen LogP contribution in [0.25, 0.3) is 0 Å². The Morgan fingerprint density at radius 2 is 2.04 bits per heavy atom. The lowest BCUT2D eigenvalue weighted by Crippen LogP contribution is -2.40. The minimum atomic E-state index is -0.544. The summed E-state index contributed by atoms with van der Waals surface area (Å²) < 4.78 is 31.6. The standard InChI is InChI=1S/C17H25F2N3O.HI/c1-3-20-17(22-7-5-14(11-22)12-23-2)21-6-4-13-8-15(18)10-16(19)9-13;/h8-10,14H,3-7,11-12H2,1-2H3,(H,20,21);1H. The summed E-state index contributed by atoms with van der Waals surface area (Å²) in [5.74, 6) is 0.305. The molecule has 1 unspecified atom stereocenters. The minimum Gasteiger partial charge on any atom is -0.384 e. The first kappa shape index (κ1) is 21.1. The van der Waals surface area contributed by atoms with E-state index in [1.165, 1.54) is 12.1 Å². The van der Waals surface area contributed by atoms with Gasteiger partial charge in [0.25, 0.3) is 0 Å². The van der Waals surface area contributed by atoms with E-state index in [4.69, 9.17) is 4.74 Å². The number of hydrogen-bond donors (Lipinski definition) is 1. The molecule has 1 aliphatic heterocycles. The van der Waals surface area contributed by atoms with Crippen molar-refractivity contribution in [2.45, 2.75) is 19.8 Å². The molecular weight excluding hydrogens is 427 g/mol. The molecule has 7 heteroatoms. The average Bonchev–Trinajstić information content (AvgIpc) is 2.94. The SMILES string of the molecule is CCNC(=NCCc1cc(F)cc(F)c1)N1CCC(COC)C1.I. The van der Waals surface area contributed by atoms with Gasteiger partial charge in [0.1, 0.15) is 11.6 Å². The molecule has 136 valence electrons. The summed E-state index contributed by atoms with van der Waals surface area (Å²) in [6.07, 6.45) is 1.60. The van der Waals surface area contributed by atoms with E-state index >= 15 is 0 Å². The minimum absolute atomic E-state index is 0. The maximum atomic E-state index is 13.2. The molecule has 0 bridgehead atoms.